The molecule has 0 saturated carbocycles. The van der Waals surface area contributed by atoms with Crippen molar-refractivity contribution < 1.29 is 14.8 Å². The molecule has 0 bridgehead atoms. The number of phenols is 1. The van der Waals surface area contributed by atoms with Gasteiger partial charge in [-0.05, 0) is 42.9 Å². The number of nitrogens with zero attached hydrogens (tertiary/aromatic N) is 1. The molecule has 0 fully saturated rings. The molecule has 9 heteroatoms. The van der Waals surface area contributed by atoms with Gasteiger partial charge < -0.3 is 10.4 Å². The Morgan fingerprint density at radius 2 is 2.00 bits per heavy atom. The summed E-state index contributed by atoms with van der Waals surface area (Å²) in [6.07, 6.45) is 0. The number of carbonyl (C=O) groups is 1. The fraction of sp³-hybridized carbons (Fsp3) is 0.0667. The van der Waals surface area contributed by atoms with Crippen molar-refractivity contribution in [3.63, 3.8) is 0 Å². The van der Waals surface area contributed by atoms with Gasteiger partial charge in [-0.3, -0.25) is 20.2 Å². The number of halogens is 1. The standard InChI is InChI=1S/C15H12BrN3O4S/c1-8-2-3-9(6-11(8)16)14(21)18-15(24)17-12-7-10(19(22)23)4-5-13(12)20/h2-7,20H,1H3,(H2,17,18,21,24). The molecule has 7 nitrogen and oxygen atoms in total. The molecular formula is C15H12BrN3O4S. The summed E-state index contributed by atoms with van der Waals surface area (Å²) in [6, 6.07) is 8.52. The molecule has 2 rings (SSSR count). The van der Waals surface area contributed by atoms with Crippen molar-refractivity contribution in [1.29, 1.82) is 0 Å². The molecule has 0 atom stereocenters. The van der Waals surface area contributed by atoms with E-state index in [9.17, 15) is 20.0 Å². The largest absolute Gasteiger partial charge is 0.506 e. The number of non-ortho nitro benzene ring substituents is 1. The van der Waals surface area contributed by atoms with Crippen LogP contribution in [-0.2, 0) is 0 Å². The van der Waals surface area contributed by atoms with Crippen LogP contribution in [0.5, 0.6) is 5.75 Å². The van der Waals surface area contributed by atoms with Crippen LogP contribution < -0.4 is 10.6 Å². The second kappa shape index (κ2) is 7.37. The van der Waals surface area contributed by atoms with Crippen molar-refractivity contribution >= 4 is 50.5 Å². The average molecular weight is 410 g/mol. The zero-order valence-electron chi connectivity index (χ0n) is 12.4. The van der Waals surface area contributed by atoms with Gasteiger partial charge in [0, 0.05) is 22.2 Å². The number of hydrogen-bond acceptors (Lipinski definition) is 5. The Labute approximate surface area is 151 Å². The zero-order chi connectivity index (χ0) is 17.9. The first kappa shape index (κ1) is 17.8. The fourth-order valence-electron chi connectivity index (χ4n) is 1.80. The molecule has 0 aliphatic carbocycles. The van der Waals surface area contributed by atoms with Gasteiger partial charge in [0.25, 0.3) is 11.6 Å². The molecule has 0 radical (unpaired) electrons. The predicted octanol–water partition coefficient (Wildman–Crippen LogP) is 3.50. The maximum Gasteiger partial charge on any atom is 0.271 e. The molecule has 24 heavy (non-hydrogen) atoms. The number of nitro benzene ring substituents is 1. The quantitative estimate of drug-likeness (QED) is 0.310. The van der Waals surface area contributed by atoms with Crippen LogP contribution in [0.15, 0.2) is 40.9 Å². The minimum absolute atomic E-state index is 0.0274. The first-order valence-corrected chi connectivity index (χ1v) is 7.84. The smallest absolute Gasteiger partial charge is 0.271 e. The van der Waals surface area contributed by atoms with Crippen molar-refractivity contribution in [3.05, 3.63) is 62.1 Å². The summed E-state index contributed by atoms with van der Waals surface area (Å²) >= 11 is 8.34. The van der Waals surface area contributed by atoms with E-state index in [1.54, 1.807) is 18.2 Å². The van der Waals surface area contributed by atoms with E-state index in [-0.39, 0.29) is 22.2 Å². The number of nitrogens with one attached hydrogen (secondary N) is 2. The average Bonchev–Trinajstić information content (AvgIpc) is 2.51. The summed E-state index contributed by atoms with van der Waals surface area (Å²) in [5, 5.41) is 25.4. The van der Waals surface area contributed by atoms with E-state index in [4.69, 9.17) is 12.2 Å². The topological polar surface area (TPSA) is 104 Å². The van der Waals surface area contributed by atoms with Crippen molar-refractivity contribution in [2.45, 2.75) is 6.92 Å². The van der Waals surface area contributed by atoms with Crippen LogP contribution in [0.3, 0.4) is 0 Å². The molecule has 0 aliphatic rings. The fourth-order valence-corrected chi connectivity index (χ4v) is 2.38. The molecule has 0 spiro atoms. The Bertz CT molecular complexity index is 841. The molecule has 124 valence electrons. The number of anilines is 1. The van der Waals surface area contributed by atoms with E-state index in [0.717, 1.165) is 22.2 Å². The van der Waals surface area contributed by atoms with E-state index in [1.807, 2.05) is 6.92 Å². The number of rotatable bonds is 3. The van der Waals surface area contributed by atoms with E-state index in [1.165, 1.54) is 6.07 Å². The highest BCUT2D eigenvalue weighted by molar-refractivity contribution is 9.10. The lowest BCUT2D eigenvalue weighted by molar-refractivity contribution is -0.384. The van der Waals surface area contributed by atoms with Crippen molar-refractivity contribution in [1.82, 2.24) is 5.32 Å². The third-order valence-corrected chi connectivity index (χ3v) is 4.16. The monoisotopic (exact) mass is 409 g/mol. The van der Waals surface area contributed by atoms with Crippen molar-refractivity contribution in [2.75, 3.05) is 5.32 Å². The minimum atomic E-state index is -0.601. The lowest BCUT2D eigenvalue weighted by Crippen LogP contribution is -2.34. The van der Waals surface area contributed by atoms with Crippen LogP contribution in [0.25, 0.3) is 0 Å². The maximum atomic E-state index is 12.1. The predicted molar refractivity (Wildman–Crippen MR) is 97.3 cm³/mol. The summed E-state index contributed by atoms with van der Waals surface area (Å²) in [6.45, 7) is 1.89. The number of benzene rings is 2. The SMILES string of the molecule is Cc1ccc(C(=O)NC(=S)Nc2cc([N+](=O)[O-])ccc2O)cc1Br. The van der Waals surface area contributed by atoms with Crippen molar-refractivity contribution in [2.24, 2.45) is 0 Å². The molecule has 1 amide bonds. The van der Waals surface area contributed by atoms with Gasteiger partial charge in [0.2, 0.25) is 0 Å². The highest BCUT2D eigenvalue weighted by Gasteiger charge is 2.13. The molecule has 2 aromatic rings. The van der Waals surface area contributed by atoms with Crippen LogP contribution in [0.2, 0.25) is 0 Å². The molecule has 0 aromatic heterocycles. The van der Waals surface area contributed by atoms with Gasteiger partial charge in [-0.25, -0.2) is 0 Å². The zero-order valence-corrected chi connectivity index (χ0v) is 14.8. The molecule has 0 unspecified atom stereocenters. The molecule has 0 aliphatic heterocycles. The number of carbonyl (C=O) groups excluding carboxylic acids is 1. The number of hydrogen-bond donors (Lipinski definition) is 3. The Kier molecular flexibility index (Phi) is 5.47. The Hall–Kier alpha value is -2.52. The molecule has 0 heterocycles. The van der Waals surface area contributed by atoms with Gasteiger partial charge in [-0.2, -0.15) is 0 Å². The van der Waals surface area contributed by atoms with Crippen LogP contribution in [0.4, 0.5) is 11.4 Å². The number of thiocarbonyl (C=S) groups is 1. The van der Waals surface area contributed by atoms with Crippen LogP contribution in [0, 0.1) is 17.0 Å². The lowest BCUT2D eigenvalue weighted by Gasteiger charge is -2.11. The van der Waals surface area contributed by atoms with Gasteiger partial charge >= 0.3 is 0 Å². The number of phenolic OH excluding ortho intramolecular Hbond substituents is 1. The summed E-state index contributed by atoms with van der Waals surface area (Å²) < 4.78 is 0.783. The Morgan fingerprint density at radius 1 is 1.29 bits per heavy atom. The Morgan fingerprint density at radius 3 is 2.62 bits per heavy atom. The second-order valence-electron chi connectivity index (χ2n) is 4.83. The molecular weight excluding hydrogens is 398 g/mol. The lowest BCUT2D eigenvalue weighted by atomic mass is 10.1. The molecule has 3 N–H and O–H groups in total. The second-order valence-corrected chi connectivity index (χ2v) is 6.09. The third kappa shape index (κ3) is 4.27. The van der Waals surface area contributed by atoms with Gasteiger partial charge in [0.1, 0.15) is 5.75 Å². The van der Waals surface area contributed by atoms with Crippen LogP contribution in [-0.4, -0.2) is 21.0 Å². The number of aromatic hydroxyl groups is 1. The van der Waals surface area contributed by atoms with Gasteiger partial charge in [0.15, 0.2) is 5.11 Å². The molecule has 2 aromatic carbocycles. The van der Waals surface area contributed by atoms with E-state index in [0.29, 0.717) is 5.56 Å². The number of aryl methyl sites for hydroxylation is 1. The van der Waals surface area contributed by atoms with Gasteiger partial charge in [0.05, 0.1) is 10.6 Å². The van der Waals surface area contributed by atoms with Crippen molar-refractivity contribution in [3.8, 4) is 5.75 Å². The summed E-state index contributed by atoms with van der Waals surface area (Å²) in [4.78, 5) is 22.3. The number of amides is 1. The minimum Gasteiger partial charge on any atom is -0.506 e. The van der Waals surface area contributed by atoms with E-state index in [2.05, 4.69) is 26.6 Å². The Balaban J connectivity index is 2.10. The first-order chi connectivity index (χ1) is 11.3. The highest BCUT2D eigenvalue weighted by atomic mass is 79.9. The van der Waals surface area contributed by atoms with Crippen LogP contribution >= 0.6 is 28.1 Å². The highest BCUT2D eigenvalue weighted by Crippen LogP contribution is 2.27. The van der Waals surface area contributed by atoms with Gasteiger partial charge in [-0.1, -0.05) is 22.0 Å². The van der Waals surface area contributed by atoms with Crippen LogP contribution in [0.1, 0.15) is 15.9 Å². The maximum absolute atomic E-state index is 12.1. The summed E-state index contributed by atoms with van der Waals surface area (Å²) in [5.74, 6) is -0.673. The first-order valence-electron chi connectivity index (χ1n) is 6.64. The summed E-state index contributed by atoms with van der Waals surface area (Å²) in [5.41, 5.74) is 1.18. The van der Waals surface area contributed by atoms with E-state index >= 15 is 0 Å². The van der Waals surface area contributed by atoms with E-state index < -0.39 is 10.8 Å². The number of nitro groups is 1. The third-order valence-electron chi connectivity index (χ3n) is 3.10. The molecule has 0 saturated heterocycles. The summed E-state index contributed by atoms with van der Waals surface area (Å²) in [7, 11) is 0. The normalized spacial score (nSPS) is 10.1. The van der Waals surface area contributed by atoms with Gasteiger partial charge in [-0.15, -0.1) is 0 Å².